The van der Waals surface area contributed by atoms with Gasteiger partial charge in [0.2, 0.25) is 5.89 Å². The van der Waals surface area contributed by atoms with E-state index in [1.54, 1.807) is 18.3 Å². The molecule has 3 heterocycles. The minimum atomic E-state index is 0.580. The van der Waals surface area contributed by atoms with Gasteiger partial charge in [0.15, 0.2) is 5.69 Å². The summed E-state index contributed by atoms with van der Waals surface area (Å²) in [5.74, 6) is 2.37. The normalized spacial score (nSPS) is 13.0. The molecule has 4 rings (SSSR count). The van der Waals surface area contributed by atoms with E-state index < -0.39 is 0 Å². The smallest absolute Gasteiger partial charge is 0.225 e. The van der Waals surface area contributed by atoms with Crippen LogP contribution in [0, 0.1) is 6.57 Å². The quantitative estimate of drug-likeness (QED) is 0.673. The summed E-state index contributed by atoms with van der Waals surface area (Å²) in [4.78, 5) is 14.5. The van der Waals surface area contributed by atoms with Crippen molar-refractivity contribution in [2.75, 3.05) is 4.90 Å². The Hall–Kier alpha value is -3.13. The third-order valence-electron chi connectivity index (χ3n) is 3.65. The van der Waals surface area contributed by atoms with Crippen LogP contribution in [0.2, 0.25) is 0 Å². The van der Waals surface area contributed by atoms with E-state index >= 15 is 0 Å². The lowest BCUT2D eigenvalue weighted by Crippen LogP contribution is -2.16. The van der Waals surface area contributed by atoms with E-state index in [0.717, 1.165) is 22.8 Å². The van der Waals surface area contributed by atoms with Crippen LogP contribution in [0.4, 0.5) is 11.5 Å². The van der Waals surface area contributed by atoms with Gasteiger partial charge in [-0.1, -0.05) is 24.3 Å². The highest BCUT2D eigenvalue weighted by molar-refractivity contribution is 5.62. The van der Waals surface area contributed by atoms with Crippen LogP contribution in [-0.4, -0.2) is 9.97 Å². The van der Waals surface area contributed by atoms with Gasteiger partial charge in [-0.25, -0.2) is 14.8 Å². The highest BCUT2D eigenvalue weighted by Gasteiger charge is 2.26. The second kappa shape index (κ2) is 5.01. The lowest BCUT2D eigenvalue weighted by molar-refractivity contribution is 0.521. The fraction of sp³-hybridized carbons (Fsp3) is 0.118. The molecule has 0 fully saturated rings. The topological polar surface area (TPSA) is 46.5 Å². The summed E-state index contributed by atoms with van der Waals surface area (Å²) in [5.41, 5.74) is 2.37. The first kappa shape index (κ1) is 12.6. The fourth-order valence-electron chi connectivity index (χ4n) is 2.58. The molecule has 1 aliphatic heterocycles. The van der Waals surface area contributed by atoms with Crippen LogP contribution in [-0.2, 0) is 13.1 Å². The average molecular weight is 288 g/mol. The van der Waals surface area contributed by atoms with Gasteiger partial charge in [-0.2, -0.15) is 0 Å². The van der Waals surface area contributed by atoms with E-state index in [9.17, 15) is 0 Å². The van der Waals surface area contributed by atoms with Gasteiger partial charge in [-0.05, 0) is 18.2 Å². The number of hydrogen-bond donors (Lipinski definition) is 0. The molecule has 0 saturated carbocycles. The van der Waals surface area contributed by atoms with Gasteiger partial charge >= 0.3 is 0 Å². The molecule has 0 atom stereocenters. The number of nitrogens with zero attached hydrogens (tertiary/aromatic N) is 4. The third-order valence-corrected chi connectivity index (χ3v) is 3.65. The monoisotopic (exact) mass is 288 g/mol. The van der Waals surface area contributed by atoms with Crippen molar-refractivity contribution in [1.82, 2.24) is 9.97 Å². The van der Waals surface area contributed by atoms with E-state index in [1.807, 2.05) is 30.3 Å². The zero-order valence-corrected chi connectivity index (χ0v) is 11.7. The molecule has 22 heavy (non-hydrogen) atoms. The predicted molar refractivity (Wildman–Crippen MR) is 82.3 cm³/mol. The van der Waals surface area contributed by atoms with E-state index in [1.165, 1.54) is 0 Å². The summed E-state index contributed by atoms with van der Waals surface area (Å²) < 4.78 is 5.88. The second-order valence-corrected chi connectivity index (χ2v) is 5.10. The Balaban J connectivity index is 1.61. The molecular formula is C17H12N4O. The number of anilines is 1. The van der Waals surface area contributed by atoms with E-state index in [0.29, 0.717) is 24.7 Å². The molecule has 0 saturated heterocycles. The third kappa shape index (κ3) is 2.11. The van der Waals surface area contributed by atoms with Gasteiger partial charge in [0.1, 0.15) is 17.3 Å². The van der Waals surface area contributed by atoms with Gasteiger partial charge in [0.05, 0.1) is 19.7 Å². The SMILES string of the molecule is [C-]#[N+]c1cccc(-c2nc3c(o2)CN(c2ccccn2)C3)c1. The van der Waals surface area contributed by atoms with Gasteiger partial charge in [-0.3, -0.25) is 0 Å². The number of aromatic nitrogens is 2. The maximum absolute atomic E-state index is 7.08. The van der Waals surface area contributed by atoms with Crippen LogP contribution in [0.3, 0.4) is 0 Å². The van der Waals surface area contributed by atoms with Gasteiger partial charge < -0.3 is 9.32 Å². The summed E-state index contributed by atoms with van der Waals surface area (Å²) in [6.07, 6.45) is 1.78. The van der Waals surface area contributed by atoms with Crippen LogP contribution in [0.15, 0.2) is 53.1 Å². The molecule has 5 nitrogen and oxygen atoms in total. The highest BCUT2D eigenvalue weighted by Crippen LogP contribution is 2.31. The largest absolute Gasteiger partial charge is 0.439 e. The summed E-state index contributed by atoms with van der Waals surface area (Å²) in [6, 6.07) is 13.2. The zero-order chi connectivity index (χ0) is 14.9. The van der Waals surface area contributed by atoms with Crippen molar-refractivity contribution in [3.8, 4) is 11.5 Å². The molecule has 1 aromatic carbocycles. The van der Waals surface area contributed by atoms with Gasteiger partial charge in [0.25, 0.3) is 0 Å². The fourth-order valence-corrected chi connectivity index (χ4v) is 2.58. The van der Waals surface area contributed by atoms with Crippen molar-refractivity contribution in [3.05, 3.63) is 71.5 Å². The molecule has 106 valence electrons. The van der Waals surface area contributed by atoms with Crippen molar-refractivity contribution >= 4 is 11.5 Å². The lowest BCUT2D eigenvalue weighted by atomic mass is 10.2. The summed E-state index contributed by atoms with van der Waals surface area (Å²) in [5, 5.41) is 0. The molecule has 0 bridgehead atoms. The Morgan fingerprint density at radius 3 is 2.86 bits per heavy atom. The van der Waals surface area contributed by atoms with E-state index in [-0.39, 0.29) is 0 Å². The molecule has 0 spiro atoms. The maximum atomic E-state index is 7.08. The summed E-state index contributed by atoms with van der Waals surface area (Å²) in [7, 11) is 0. The standard InChI is InChI=1S/C17H12N4O/c1-18-13-6-4-5-12(9-13)17-20-14-10-21(11-15(14)22-17)16-7-2-3-8-19-16/h2-9H,10-11H2. The molecule has 1 aliphatic rings. The number of oxazole rings is 1. The van der Waals surface area contributed by atoms with Crippen molar-refractivity contribution in [1.29, 1.82) is 0 Å². The maximum Gasteiger partial charge on any atom is 0.225 e. The minimum Gasteiger partial charge on any atom is -0.439 e. The van der Waals surface area contributed by atoms with Crippen LogP contribution in [0.25, 0.3) is 16.3 Å². The Kier molecular flexibility index (Phi) is 2.87. The number of hydrogen-bond acceptors (Lipinski definition) is 4. The van der Waals surface area contributed by atoms with Crippen molar-refractivity contribution < 1.29 is 4.42 Å². The molecule has 5 heteroatoms. The number of fused-ring (bicyclic) bond motifs is 1. The number of pyridine rings is 1. The molecule has 2 aromatic heterocycles. The highest BCUT2D eigenvalue weighted by atomic mass is 16.4. The lowest BCUT2D eigenvalue weighted by Gasteiger charge is -2.15. The van der Waals surface area contributed by atoms with Crippen LogP contribution in [0.1, 0.15) is 11.5 Å². The Morgan fingerprint density at radius 1 is 1.14 bits per heavy atom. The molecule has 3 aromatic rings. The molecule has 0 aliphatic carbocycles. The van der Waals surface area contributed by atoms with E-state index in [2.05, 4.69) is 19.7 Å². The molecule has 0 N–H and O–H groups in total. The predicted octanol–water partition coefficient (Wildman–Crippen LogP) is 3.81. The molecule has 0 radical (unpaired) electrons. The van der Waals surface area contributed by atoms with Crippen LogP contribution >= 0.6 is 0 Å². The van der Waals surface area contributed by atoms with E-state index in [4.69, 9.17) is 11.0 Å². The van der Waals surface area contributed by atoms with Crippen LogP contribution in [0.5, 0.6) is 0 Å². The first-order valence-corrected chi connectivity index (χ1v) is 6.96. The minimum absolute atomic E-state index is 0.580. The Morgan fingerprint density at radius 2 is 2.09 bits per heavy atom. The molecule has 0 amide bonds. The Labute approximate surface area is 127 Å². The summed E-state index contributed by atoms with van der Waals surface area (Å²) in [6.45, 7) is 8.44. The first-order valence-electron chi connectivity index (χ1n) is 6.96. The average Bonchev–Trinajstić information content (AvgIpc) is 3.14. The Bertz CT molecular complexity index is 840. The first-order chi connectivity index (χ1) is 10.8. The number of rotatable bonds is 2. The van der Waals surface area contributed by atoms with Crippen molar-refractivity contribution in [2.45, 2.75) is 13.1 Å². The van der Waals surface area contributed by atoms with Crippen LogP contribution < -0.4 is 4.90 Å². The summed E-state index contributed by atoms with van der Waals surface area (Å²) >= 11 is 0. The van der Waals surface area contributed by atoms with Crippen molar-refractivity contribution in [2.24, 2.45) is 0 Å². The van der Waals surface area contributed by atoms with Crippen molar-refractivity contribution in [3.63, 3.8) is 0 Å². The molecule has 0 unspecified atom stereocenters. The second-order valence-electron chi connectivity index (χ2n) is 5.10. The molecular weight excluding hydrogens is 276 g/mol. The zero-order valence-electron chi connectivity index (χ0n) is 11.7. The van der Waals surface area contributed by atoms with Gasteiger partial charge in [0, 0.05) is 11.8 Å². The number of benzene rings is 1. The van der Waals surface area contributed by atoms with Gasteiger partial charge in [-0.15, -0.1) is 0 Å².